The Kier molecular flexibility index (Phi) is 10.7. The molecule has 0 aliphatic carbocycles. The summed E-state index contributed by atoms with van der Waals surface area (Å²) < 4.78 is 27.0. The monoisotopic (exact) mass is 553 g/mol. The number of likely N-dealkylation sites (tertiary alicyclic amines) is 1. The molecule has 38 heavy (non-hydrogen) atoms. The number of nitrogens with one attached hydrogen (secondary N) is 3. The van der Waals surface area contributed by atoms with Crippen molar-refractivity contribution in [2.24, 2.45) is 5.41 Å². The zero-order valence-corrected chi connectivity index (χ0v) is 23.4. The van der Waals surface area contributed by atoms with E-state index in [0.717, 1.165) is 0 Å². The summed E-state index contributed by atoms with van der Waals surface area (Å²) >= 11 is 0. The maximum atomic E-state index is 12.9. The van der Waals surface area contributed by atoms with E-state index in [0.29, 0.717) is 19.4 Å². The van der Waals surface area contributed by atoms with Crippen LogP contribution < -0.4 is 16.0 Å². The van der Waals surface area contributed by atoms with Gasteiger partial charge < -0.3 is 26.0 Å². The third-order valence-corrected chi connectivity index (χ3v) is 8.38. The van der Waals surface area contributed by atoms with Crippen molar-refractivity contribution in [3.8, 4) is 0 Å². The van der Waals surface area contributed by atoms with Gasteiger partial charge >= 0.3 is 12.0 Å². The fourth-order valence-electron chi connectivity index (χ4n) is 4.07. The molecule has 1 aromatic rings. The Morgan fingerprint density at radius 2 is 1.76 bits per heavy atom. The average Bonchev–Trinajstić information content (AvgIpc) is 3.35. The molecule has 4 N–H and O–H groups in total. The highest BCUT2D eigenvalue weighted by Crippen LogP contribution is 2.23. The van der Waals surface area contributed by atoms with Crippen molar-refractivity contribution in [1.29, 1.82) is 0 Å². The van der Waals surface area contributed by atoms with E-state index in [4.69, 9.17) is 0 Å². The van der Waals surface area contributed by atoms with Crippen LogP contribution in [0.5, 0.6) is 0 Å². The Labute approximate surface area is 224 Å². The number of rotatable bonds is 11. The van der Waals surface area contributed by atoms with Crippen LogP contribution in [-0.2, 0) is 24.4 Å². The second-order valence-electron chi connectivity index (χ2n) is 10.4. The van der Waals surface area contributed by atoms with Crippen LogP contribution in [0, 0.1) is 5.41 Å². The fourth-order valence-corrected chi connectivity index (χ4v) is 5.28. The molecule has 1 heterocycles. The Morgan fingerprint density at radius 1 is 1.13 bits per heavy atom. The summed E-state index contributed by atoms with van der Waals surface area (Å²) in [6.45, 7) is 7.16. The van der Waals surface area contributed by atoms with Gasteiger partial charge in [-0.15, -0.1) is 0 Å². The third kappa shape index (κ3) is 8.15. The van der Waals surface area contributed by atoms with Gasteiger partial charge in [0.2, 0.25) is 21.8 Å². The van der Waals surface area contributed by atoms with E-state index in [-0.39, 0.29) is 24.4 Å². The third-order valence-electron chi connectivity index (χ3n) is 6.54. The van der Waals surface area contributed by atoms with E-state index < -0.39 is 57.4 Å². The standard InChI is InChI=1S/C25H39N5O7S/c1-6-18(23(33)34)27-22(32)19-13-10-14-30(19)21(31)15-26-24(35)28-20(25(2,3)4)16-29(5)38(36,37)17-11-8-7-9-12-17/h7-9,11-12,18-20H,6,10,13-16H2,1-5H3,(H,27,32)(H,33,34)(H2,26,28,35)/t18-,19-,20?/m0/s1. The lowest BCUT2D eigenvalue weighted by molar-refractivity contribution is -0.143. The summed E-state index contributed by atoms with van der Waals surface area (Å²) in [4.78, 5) is 50.8. The minimum absolute atomic E-state index is 0.00135. The molecule has 0 spiro atoms. The van der Waals surface area contributed by atoms with Crippen LogP contribution in [0.25, 0.3) is 0 Å². The van der Waals surface area contributed by atoms with Crippen molar-refractivity contribution in [1.82, 2.24) is 25.2 Å². The molecule has 12 nitrogen and oxygen atoms in total. The summed E-state index contributed by atoms with van der Waals surface area (Å²) in [5.74, 6) is -2.16. The smallest absolute Gasteiger partial charge is 0.326 e. The Bertz CT molecular complexity index is 1100. The van der Waals surface area contributed by atoms with Crippen LogP contribution in [0.2, 0.25) is 0 Å². The van der Waals surface area contributed by atoms with Crippen LogP contribution in [0.3, 0.4) is 0 Å². The van der Waals surface area contributed by atoms with Crippen LogP contribution >= 0.6 is 0 Å². The predicted molar refractivity (Wildman–Crippen MR) is 141 cm³/mol. The number of carboxylic acid groups (broad SMARTS) is 1. The van der Waals surface area contributed by atoms with Crippen molar-refractivity contribution < 1.29 is 32.7 Å². The number of urea groups is 1. The largest absolute Gasteiger partial charge is 0.480 e. The number of amides is 4. The number of likely N-dealkylation sites (N-methyl/N-ethyl adjacent to an activating group) is 1. The van der Waals surface area contributed by atoms with Gasteiger partial charge in [0.1, 0.15) is 12.1 Å². The minimum Gasteiger partial charge on any atom is -0.480 e. The highest BCUT2D eigenvalue weighted by molar-refractivity contribution is 7.89. The number of carbonyl (C=O) groups is 4. The maximum absolute atomic E-state index is 12.9. The van der Waals surface area contributed by atoms with Gasteiger partial charge in [-0.3, -0.25) is 9.59 Å². The van der Waals surface area contributed by atoms with Crippen molar-refractivity contribution in [2.45, 2.75) is 70.0 Å². The lowest BCUT2D eigenvalue weighted by Crippen LogP contribution is -2.55. The van der Waals surface area contributed by atoms with Gasteiger partial charge in [0.15, 0.2) is 0 Å². The molecular weight excluding hydrogens is 514 g/mol. The number of carboxylic acids is 1. The first-order valence-electron chi connectivity index (χ1n) is 12.6. The number of sulfonamides is 1. The van der Waals surface area contributed by atoms with Crippen molar-refractivity contribution in [3.63, 3.8) is 0 Å². The van der Waals surface area contributed by atoms with E-state index >= 15 is 0 Å². The van der Waals surface area contributed by atoms with Crippen LogP contribution in [0.1, 0.15) is 47.0 Å². The number of hydrogen-bond donors (Lipinski definition) is 4. The topological polar surface area (TPSA) is 165 Å². The molecule has 13 heteroatoms. The average molecular weight is 554 g/mol. The molecule has 1 saturated heterocycles. The Morgan fingerprint density at radius 3 is 2.32 bits per heavy atom. The molecule has 0 saturated carbocycles. The number of nitrogens with zero attached hydrogens (tertiary/aromatic N) is 2. The molecule has 1 aliphatic rings. The molecule has 4 amide bonds. The van der Waals surface area contributed by atoms with Gasteiger partial charge in [-0.25, -0.2) is 18.0 Å². The van der Waals surface area contributed by atoms with E-state index in [1.165, 1.54) is 28.4 Å². The second kappa shape index (κ2) is 13.1. The van der Waals surface area contributed by atoms with Gasteiger partial charge in [0.05, 0.1) is 11.4 Å². The molecule has 3 atom stereocenters. The quantitative estimate of drug-likeness (QED) is 0.317. The molecule has 1 fully saturated rings. The van der Waals surface area contributed by atoms with Gasteiger partial charge in [-0.2, -0.15) is 4.31 Å². The van der Waals surface area contributed by atoms with Crippen molar-refractivity contribution in [2.75, 3.05) is 26.7 Å². The van der Waals surface area contributed by atoms with Crippen molar-refractivity contribution >= 4 is 33.8 Å². The molecule has 0 radical (unpaired) electrons. The Balaban J connectivity index is 1.98. The highest BCUT2D eigenvalue weighted by Gasteiger charge is 2.36. The first kappa shape index (κ1) is 31.0. The zero-order valence-electron chi connectivity index (χ0n) is 22.6. The molecule has 1 aliphatic heterocycles. The van der Waals surface area contributed by atoms with E-state index in [9.17, 15) is 32.7 Å². The molecule has 2 rings (SSSR count). The summed E-state index contributed by atoms with van der Waals surface area (Å²) in [5, 5.41) is 16.9. The van der Waals surface area contributed by atoms with Gasteiger partial charge in [-0.1, -0.05) is 45.9 Å². The lowest BCUT2D eigenvalue weighted by Gasteiger charge is -2.34. The van der Waals surface area contributed by atoms with E-state index in [1.54, 1.807) is 25.1 Å². The number of hydrogen-bond acceptors (Lipinski definition) is 6. The molecular formula is C25H39N5O7S. The SMILES string of the molecule is CC[C@H](NC(=O)[C@@H]1CCCN1C(=O)CNC(=O)NC(CN(C)S(=O)(=O)c1ccccc1)C(C)(C)C)C(=O)O. The van der Waals surface area contributed by atoms with Crippen LogP contribution in [-0.4, -0.2) is 91.4 Å². The minimum atomic E-state index is -3.77. The van der Waals surface area contributed by atoms with Crippen LogP contribution in [0.15, 0.2) is 35.2 Å². The summed E-state index contributed by atoms with van der Waals surface area (Å²) in [6.07, 6.45) is 1.18. The second-order valence-corrected chi connectivity index (χ2v) is 12.4. The summed E-state index contributed by atoms with van der Waals surface area (Å²) in [6, 6.07) is 4.90. The number of carbonyl (C=O) groups excluding carboxylic acids is 3. The molecule has 1 aromatic carbocycles. The van der Waals surface area contributed by atoms with Crippen molar-refractivity contribution in [3.05, 3.63) is 30.3 Å². The van der Waals surface area contributed by atoms with E-state index in [2.05, 4.69) is 16.0 Å². The van der Waals surface area contributed by atoms with E-state index in [1.807, 2.05) is 20.8 Å². The van der Waals surface area contributed by atoms with Crippen LogP contribution in [0.4, 0.5) is 4.79 Å². The van der Waals surface area contributed by atoms with Gasteiger partial charge in [-0.05, 0) is 36.8 Å². The zero-order chi connectivity index (χ0) is 28.7. The first-order valence-corrected chi connectivity index (χ1v) is 14.0. The lowest BCUT2D eigenvalue weighted by atomic mass is 9.87. The fraction of sp³-hybridized carbons (Fsp3) is 0.600. The first-order chi connectivity index (χ1) is 17.7. The summed E-state index contributed by atoms with van der Waals surface area (Å²) in [5.41, 5.74) is -0.514. The Hall–Kier alpha value is -3.19. The molecule has 212 valence electrons. The highest BCUT2D eigenvalue weighted by atomic mass is 32.2. The normalized spacial score (nSPS) is 17.5. The molecule has 0 aromatic heterocycles. The molecule has 1 unspecified atom stereocenters. The maximum Gasteiger partial charge on any atom is 0.326 e. The van der Waals surface area contributed by atoms with Gasteiger partial charge in [0.25, 0.3) is 0 Å². The van der Waals surface area contributed by atoms with Gasteiger partial charge in [0, 0.05) is 26.2 Å². The predicted octanol–water partition coefficient (Wildman–Crippen LogP) is 0.991. The summed E-state index contributed by atoms with van der Waals surface area (Å²) in [7, 11) is -2.33. The number of benzene rings is 1. The number of aliphatic carboxylic acids is 1. The molecule has 0 bridgehead atoms.